The number of thiophene rings is 1. The van der Waals surface area contributed by atoms with Crippen LogP contribution >= 0.6 is 11.3 Å². The van der Waals surface area contributed by atoms with Crippen LogP contribution < -0.4 is 5.73 Å². The molecular formula is C17H23NOS. The zero-order valence-corrected chi connectivity index (χ0v) is 13.5. The zero-order valence-electron chi connectivity index (χ0n) is 12.6. The number of nitrogens with two attached hydrogens (primary N) is 1. The van der Waals surface area contributed by atoms with E-state index in [9.17, 15) is 0 Å². The Labute approximate surface area is 124 Å². The fourth-order valence-electron chi connectivity index (χ4n) is 3.64. The van der Waals surface area contributed by atoms with Crippen molar-refractivity contribution in [3.05, 3.63) is 35.2 Å². The van der Waals surface area contributed by atoms with Crippen LogP contribution in [0.4, 0.5) is 0 Å². The van der Waals surface area contributed by atoms with Crippen LogP contribution in [-0.2, 0) is 4.74 Å². The van der Waals surface area contributed by atoms with E-state index in [1.165, 1.54) is 15.6 Å². The number of hydrogen-bond donors (Lipinski definition) is 1. The topological polar surface area (TPSA) is 35.2 Å². The molecule has 2 nitrogen and oxygen atoms in total. The average molecular weight is 289 g/mol. The summed E-state index contributed by atoms with van der Waals surface area (Å²) in [6.45, 7) is 8.65. The van der Waals surface area contributed by atoms with E-state index in [0.29, 0.717) is 5.92 Å². The molecule has 20 heavy (non-hydrogen) atoms. The first kappa shape index (κ1) is 14.1. The Bertz CT molecular complexity index is 629. The molecule has 1 saturated heterocycles. The number of benzene rings is 1. The molecule has 3 heteroatoms. The lowest BCUT2D eigenvalue weighted by atomic mass is 9.79. The van der Waals surface area contributed by atoms with Crippen molar-refractivity contribution in [2.24, 2.45) is 11.7 Å². The SMILES string of the molecule is CC1(C)CC(C(N)c2csc3ccccc23)C(C)(C)O1. The first-order valence-corrected chi connectivity index (χ1v) is 8.10. The summed E-state index contributed by atoms with van der Waals surface area (Å²) in [4.78, 5) is 0. The highest BCUT2D eigenvalue weighted by molar-refractivity contribution is 7.17. The third-order valence-electron chi connectivity index (χ3n) is 4.45. The summed E-state index contributed by atoms with van der Waals surface area (Å²) in [5, 5.41) is 3.52. The quantitative estimate of drug-likeness (QED) is 0.883. The van der Waals surface area contributed by atoms with E-state index in [1.54, 1.807) is 11.3 Å². The van der Waals surface area contributed by atoms with E-state index in [-0.39, 0.29) is 17.2 Å². The van der Waals surface area contributed by atoms with Crippen molar-refractivity contribution >= 4 is 21.4 Å². The first-order chi connectivity index (χ1) is 9.30. The Kier molecular flexibility index (Phi) is 3.20. The minimum absolute atomic E-state index is 0.0305. The summed E-state index contributed by atoms with van der Waals surface area (Å²) in [5.74, 6) is 0.343. The van der Waals surface area contributed by atoms with Crippen LogP contribution in [-0.4, -0.2) is 11.2 Å². The van der Waals surface area contributed by atoms with Crippen LogP contribution in [0.1, 0.15) is 45.7 Å². The number of fused-ring (bicyclic) bond motifs is 1. The molecule has 0 amide bonds. The number of rotatable bonds is 2. The summed E-state index contributed by atoms with van der Waals surface area (Å²) in [6, 6.07) is 8.54. The molecule has 2 unspecified atom stereocenters. The van der Waals surface area contributed by atoms with E-state index < -0.39 is 0 Å². The van der Waals surface area contributed by atoms with Gasteiger partial charge in [0.05, 0.1) is 11.2 Å². The minimum atomic E-state index is -0.175. The highest BCUT2D eigenvalue weighted by atomic mass is 32.1. The summed E-state index contributed by atoms with van der Waals surface area (Å²) >= 11 is 1.78. The van der Waals surface area contributed by atoms with Crippen molar-refractivity contribution in [3.63, 3.8) is 0 Å². The monoisotopic (exact) mass is 289 g/mol. The maximum atomic E-state index is 6.63. The predicted molar refractivity (Wildman–Crippen MR) is 86.1 cm³/mol. The third kappa shape index (κ3) is 2.28. The highest BCUT2D eigenvalue weighted by Gasteiger charge is 2.48. The lowest BCUT2D eigenvalue weighted by Gasteiger charge is -2.31. The van der Waals surface area contributed by atoms with E-state index >= 15 is 0 Å². The molecule has 0 aliphatic carbocycles. The Balaban J connectivity index is 1.98. The third-order valence-corrected chi connectivity index (χ3v) is 5.43. The van der Waals surface area contributed by atoms with Crippen LogP contribution in [0, 0.1) is 5.92 Å². The second-order valence-corrected chi connectivity index (χ2v) is 7.90. The molecule has 0 bridgehead atoms. The molecule has 2 N–H and O–H groups in total. The molecule has 3 rings (SSSR count). The van der Waals surface area contributed by atoms with Crippen LogP contribution in [0.3, 0.4) is 0 Å². The summed E-state index contributed by atoms with van der Waals surface area (Å²) < 4.78 is 7.52. The molecule has 1 aliphatic heterocycles. The normalized spacial score (nSPS) is 25.9. The number of ether oxygens (including phenoxy) is 1. The number of hydrogen-bond acceptors (Lipinski definition) is 3. The minimum Gasteiger partial charge on any atom is -0.369 e. The maximum Gasteiger partial charge on any atom is 0.0680 e. The lowest BCUT2D eigenvalue weighted by molar-refractivity contribution is -0.0766. The van der Waals surface area contributed by atoms with Gasteiger partial charge in [-0.1, -0.05) is 18.2 Å². The summed E-state index contributed by atoms with van der Waals surface area (Å²) in [5.41, 5.74) is 7.64. The fourth-order valence-corrected chi connectivity index (χ4v) is 4.65. The first-order valence-electron chi connectivity index (χ1n) is 7.22. The van der Waals surface area contributed by atoms with Gasteiger partial charge in [-0.05, 0) is 56.5 Å². The molecule has 2 heterocycles. The second-order valence-electron chi connectivity index (χ2n) is 6.99. The van der Waals surface area contributed by atoms with E-state index in [1.807, 2.05) is 0 Å². The van der Waals surface area contributed by atoms with E-state index in [4.69, 9.17) is 10.5 Å². The van der Waals surface area contributed by atoms with E-state index in [0.717, 1.165) is 6.42 Å². The van der Waals surface area contributed by atoms with Gasteiger partial charge in [0.15, 0.2) is 0 Å². The predicted octanol–water partition coefficient (Wildman–Crippen LogP) is 4.49. The molecule has 1 aromatic heterocycles. The molecule has 1 aliphatic rings. The molecule has 0 saturated carbocycles. The Morgan fingerprint density at radius 1 is 1.25 bits per heavy atom. The average Bonchev–Trinajstić information content (AvgIpc) is 2.86. The van der Waals surface area contributed by atoms with Crippen molar-refractivity contribution in [2.45, 2.75) is 51.4 Å². The summed E-state index contributed by atoms with van der Waals surface area (Å²) in [6.07, 6.45) is 1.01. The largest absolute Gasteiger partial charge is 0.369 e. The van der Waals surface area contributed by atoms with Crippen molar-refractivity contribution in [3.8, 4) is 0 Å². The molecular weight excluding hydrogens is 266 g/mol. The zero-order chi connectivity index (χ0) is 14.5. The molecule has 2 aromatic rings. The standard InChI is InChI=1S/C17H23NOS/c1-16(2)9-13(17(3,4)19-16)15(18)12-10-20-14-8-6-5-7-11(12)14/h5-8,10,13,15H,9,18H2,1-4H3. The Hall–Kier alpha value is -0.900. The van der Waals surface area contributed by atoms with Gasteiger partial charge in [-0.2, -0.15) is 0 Å². The van der Waals surface area contributed by atoms with Gasteiger partial charge in [-0.3, -0.25) is 0 Å². The molecule has 1 fully saturated rings. The molecule has 0 spiro atoms. The van der Waals surface area contributed by atoms with Crippen LogP contribution in [0.5, 0.6) is 0 Å². The van der Waals surface area contributed by atoms with E-state index in [2.05, 4.69) is 57.3 Å². The van der Waals surface area contributed by atoms with Crippen molar-refractivity contribution in [1.82, 2.24) is 0 Å². The van der Waals surface area contributed by atoms with Crippen molar-refractivity contribution in [2.75, 3.05) is 0 Å². The smallest absolute Gasteiger partial charge is 0.0680 e. The van der Waals surface area contributed by atoms with Gasteiger partial charge >= 0.3 is 0 Å². The second kappa shape index (κ2) is 4.55. The van der Waals surface area contributed by atoms with Crippen molar-refractivity contribution < 1.29 is 4.74 Å². The van der Waals surface area contributed by atoms with Gasteiger partial charge in [0.2, 0.25) is 0 Å². The van der Waals surface area contributed by atoms with Gasteiger partial charge < -0.3 is 10.5 Å². The molecule has 2 atom stereocenters. The molecule has 1 aromatic carbocycles. The van der Waals surface area contributed by atoms with Gasteiger partial charge in [0.1, 0.15) is 0 Å². The van der Waals surface area contributed by atoms with Gasteiger partial charge in [0.25, 0.3) is 0 Å². The maximum absolute atomic E-state index is 6.63. The van der Waals surface area contributed by atoms with Crippen LogP contribution in [0.25, 0.3) is 10.1 Å². The van der Waals surface area contributed by atoms with Crippen molar-refractivity contribution in [1.29, 1.82) is 0 Å². The fraction of sp³-hybridized carbons (Fsp3) is 0.529. The van der Waals surface area contributed by atoms with Crippen LogP contribution in [0.15, 0.2) is 29.6 Å². The molecule has 108 valence electrons. The van der Waals surface area contributed by atoms with Gasteiger partial charge in [0, 0.05) is 16.7 Å². The Morgan fingerprint density at radius 2 is 1.95 bits per heavy atom. The van der Waals surface area contributed by atoms with Gasteiger partial charge in [-0.25, -0.2) is 0 Å². The summed E-state index contributed by atoms with van der Waals surface area (Å²) in [7, 11) is 0. The molecule has 0 radical (unpaired) electrons. The van der Waals surface area contributed by atoms with Gasteiger partial charge in [-0.15, -0.1) is 11.3 Å². The van der Waals surface area contributed by atoms with Crippen LogP contribution in [0.2, 0.25) is 0 Å². The Morgan fingerprint density at radius 3 is 2.60 bits per heavy atom. The lowest BCUT2D eigenvalue weighted by Crippen LogP contribution is -2.35. The highest BCUT2D eigenvalue weighted by Crippen LogP contribution is 2.48.